The van der Waals surface area contributed by atoms with Crippen LogP contribution >= 0.6 is 0 Å². The van der Waals surface area contributed by atoms with E-state index in [1.54, 1.807) is 24.3 Å². The van der Waals surface area contributed by atoms with Gasteiger partial charge in [0.25, 0.3) is 0 Å². The molecule has 0 saturated carbocycles. The fourth-order valence-corrected chi connectivity index (χ4v) is 4.42. The van der Waals surface area contributed by atoms with Crippen LogP contribution in [-0.2, 0) is 14.8 Å². The Morgan fingerprint density at radius 3 is 2.37 bits per heavy atom. The Morgan fingerprint density at radius 2 is 1.73 bits per heavy atom. The number of hydrogen-bond donors (Lipinski definition) is 3. The van der Waals surface area contributed by atoms with Crippen molar-refractivity contribution in [2.45, 2.75) is 51.1 Å². The van der Waals surface area contributed by atoms with E-state index in [9.17, 15) is 13.2 Å². The Balaban J connectivity index is 1.76. The quantitative estimate of drug-likeness (QED) is 0.511. The first-order chi connectivity index (χ1) is 14.2. The summed E-state index contributed by atoms with van der Waals surface area (Å²) in [6.07, 6.45) is 0.379. The minimum absolute atomic E-state index is 0.128. The average Bonchev–Trinajstić information content (AvgIpc) is 3.11. The summed E-state index contributed by atoms with van der Waals surface area (Å²) in [7, 11) is -3.82. The zero-order chi connectivity index (χ0) is 21.9. The number of nitrogens with zero attached hydrogens (tertiary/aromatic N) is 1. The van der Waals surface area contributed by atoms with E-state index in [0.717, 1.165) is 16.6 Å². The molecule has 0 aliphatic rings. The van der Waals surface area contributed by atoms with Crippen LogP contribution < -0.4 is 10.0 Å². The van der Waals surface area contributed by atoms with Gasteiger partial charge in [-0.2, -0.15) is 4.72 Å². The van der Waals surface area contributed by atoms with E-state index >= 15 is 0 Å². The molecular weight excluding hydrogens is 400 g/mol. The van der Waals surface area contributed by atoms with Crippen molar-refractivity contribution in [3.8, 4) is 0 Å². The highest BCUT2D eigenvalue weighted by atomic mass is 32.2. The molecule has 2 unspecified atom stereocenters. The number of carbonyl (C=O) groups is 1. The Kier molecular flexibility index (Phi) is 6.58. The number of amides is 1. The van der Waals surface area contributed by atoms with Crippen LogP contribution in [0.15, 0.2) is 53.4 Å². The van der Waals surface area contributed by atoms with E-state index in [1.165, 1.54) is 0 Å². The van der Waals surface area contributed by atoms with Gasteiger partial charge in [0, 0.05) is 0 Å². The van der Waals surface area contributed by atoms with Gasteiger partial charge < -0.3 is 10.3 Å². The van der Waals surface area contributed by atoms with Gasteiger partial charge in [-0.15, -0.1) is 0 Å². The molecule has 0 saturated heterocycles. The highest BCUT2D eigenvalue weighted by molar-refractivity contribution is 7.89. The Morgan fingerprint density at radius 1 is 1.07 bits per heavy atom. The van der Waals surface area contributed by atoms with Gasteiger partial charge in [0.15, 0.2) is 0 Å². The molecule has 2 atom stereocenters. The van der Waals surface area contributed by atoms with Crippen molar-refractivity contribution in [1.82, 2.24) is 20.0 Å². The number of aromatic amines is 1. The van der Waals surface area contributed by atoms with Gasteiger partial charge in [0.2, 0.25) is 15.9 Å². The molecule has 1 heterocycles. The fraction of sp³-hybridized carbons (Fsp3) is 0.364. The van der Waals surface area contributed by atoms with Gasteiger partial charge in [-0.25, -0.2) is 13.4 Å². The molecule has 0 fully saturated rings. The number of rotatable bonds is 8. The van der Waals surface area contributed by atoms with Gasteiger partial charge in [0.1, 0.15) is 11.9 Å². The van der Waals surface area contributed by atoms with Gasteiger partial charge in [-0.1, -0.05) is 43.7 Å². The zero-order valence-electron chi connectivity index (χ0n) is 17.6. The van der Waals surface area contributed by atoms with E-state index in [4.69, 9.17) is 0 Å². The largest absolute Gasteiger partial charge is 0.345 e. The molecule has 2 aromatic carbocycles. The van der Waals surface area contributed by atoms with E-state index in [-0.39, 0.29) is 16.7 Å². The molecule has 0 radical (unpaired) electrons. The van der Waals surface area contributed by atoms with Crippen molar-refractivity contribution in [3.63, 3.8) is 0 Å². The van der Waals surface area contributed by atoms with Gasteiger partial charge in [-0.05, 0) is 50.5 Å². The maximum atomic E-state index is 13.0. The topological polar surface area (TPSA) is 104 Å². The predicted octanol–water partition coefficient (Wildman–Crippen LogP) is 3.44. The number of H-pyrrole nitrogens is 1. The lowest BCUT2D eigenvalue weighted by atomic mass is 10.0. The lowest BCUT2D eigenvalue weighted by Crippen LogP contribution is -2.48. The third-order valence-corrected chi connectivity index (χ3v) is 6.32. The van der Waals surface area contributed by atoms with Crippen LogP contribution in [0.3, 0.4) is 0 Å². The van der Waals surface area contributed by atoms with Gasteiger partial charge >= 0.3 is 0 Å². The van der Waals surface area contributed by atoms with Crippen molar-refractivity contribution in [2.75, 3.05) is 0 Å². The van der Waals surface area contributed by atoms with Crippen molar-refractivity contribution < 1.29 is 13.2 Å². The first-order valence-corrected chi connectivity index (χ1v) is 11.5. The number of sulfonamides is 1. The molecular formula is C22H28N4O3S. The van der Waals surface area contributed by atoms with Crippen LogP contribution in [0.25, 0.3) is 11.0 Å². The van der Waals surface area contributed by atoms with E-state index in [1.807, 2.05) is 52.0 Å². The molecule has 7 nitrogen and oxygen atoms in total. The summed E-state index contributed by atoms with van der Waals surface area (Å²) in [5, 5.41) is 2.89. The van der Waals surface area contributed by atoms with Gasteiger partial charge in [0.05, 0.1) is 22.0 Å². The first-order valence-electron chi connectivity index (χ1n) is 9.99. The highest BCUT2D eigenvalue weighted by Gasteiger charge is 2.28. The van der Waals surface area contributed by atoms with E-state index in [2.05, 4.69) is 20.0 Å². The molecule has 0 bridgehead atoms. The van der Waals surface area contributed by atoms with Crippen LogP contribution in [-0.4, -0.2) is 30.3 Å². The second kappa shape index (κ2) is 8.97. The number of aryl methyl sites for hydroxylation is 1. The average molecular weight is 429 g/mol. The van der Waals surface area contributed by atoms with Crippen LogP contribution in [0, 0.1) is 12.8 Å². The second-order valence-electron chi connectivity index (χ2n) is 7.99. The zero-order valence-corrected chi connectivity index (χ0v) is 18.5. The molecule has 1 aromatic heterocycles. The molecule has 3 rings (SSSR count). The molecule has 3 aromatic rings. The Bertz CT molecular complexity index is 1090. The summed E-state index contributed by atoms with van der Waals surface area (Å²) < 4.78 is 28.2. The maximum Gasteiger partial charge on any atom is 0.241 e. The Hall–Kier alpha value is -2.71. The normalized spacial score (nSPS) is 14.0. The monoisotopic (exact) mass is 428 g/mol. The molecule has 1 amide bonds. The highest BCUT2D eigenvalue weighted by Crippen LogP contribution is 2.17. The van der Waals surface area contributed by atoms with Crippen molar-refractivity contribution in [1.29, 1.82) is 0 Å². The number of imidazole rings is 1. The van der Waals surface area contributed by atoms with Crippen LogP contribution in [0.1, 0.15) is 44.6 Å². The number of fused-ring (bicyclic) bond motifs is 1. The smallest absolute Gasteiger partial charge is 0.241 e. The summed E-state index contributed by atoms with van der Waals surface area (Å²) in [5.41, 5.74) is 2.66. The first kappa shape index (κ1) is 22.0. The SMILES string of the molecule is Cc1ccc(S(=O)(=O)NC(CC(C)C)C(=O)NC(C)c2nc3ccccc3[nH]2)cc1. The van der Waals surface area contributed by atoms with Crippen molar-refractivity contribution >= 4 is 27.0 Å². The minimum atomic E-state index is -3.82. The van der Waals surface area contributed by atoms with Crippen LogP contribution in [0.4, 0.5) is 0 Å². The Labute approximate surface area is 177 Å². The summed E-state index contributed by atoms with van der Waals surface area (Å²) in [5.74, 6) is 0.365. The summed E-state index contributed by atoms with van der Waals surface area (Å²) >= 11 is 0. The van der Waals surface area contributed by atoms with E-state index in [0.29, 0.717) is 12.2 Å². The number of benzene rings is 2. The lowest BCUT2D eigenvalue weighted by molar-refractivity contribution is -0.123. The molecule has 30 heavy (non-hydrogen) atoms. The van der Waals surface area contributed by atoms with Gasteiger partial charge in [-0.3, -0.25) is 4.79 Å². The molecule has 3 N–H and O–H groups in total. The minimum Gasteiger partial charge on any atom is -0.345 e. The van der Waals surface area contributed by atoms with E-state index < -0.39 is 22.1 Å². The number of para-hydroxylation sites is 2. The molecule has 160 valence electrons. The number of carbonyl (C=O) groups excluding carboxylic acids is 1. The predicted molar refractivity (Wildman–Crippen MR) is 117 cm³/mol. The number of aromatic nitrogens is 2. The third-order valence-electron chi connectivity index (χ3n) is 4.83. The van der Waals surface area contributed by atoms with Crippen molar-refractivity contribution in [2.24, 2.45) is 5.92 Å². The maximum absolute atomic E-state index is 13.0. The molecule has 0 spiro atoms. The summed E-state index contributed by atoms with van der Waals surface area (Å²) in [6, 6.07) is 12.9. The van der Waals surface area contributed by atoms with Crippen molar-refractivity contribution in [3.05, 3.63) is 59.9 Å². The fourth-order valence-electron chi connectivity index (χ4n) is 3.21. The number of hydrogen-bond acceptors (Lipinski definition) is 4. The molecule has 0 aliphatic heterocycles. The standard InChI is InChI=1S/C22H28N4O3S/c1-14(2)13-20(26-30(28,29)17-11-9-15(3)10-12-17)22(27)23-16(4)21-24-18-7-5-6-8-19(18)25-21/h5-12,14,16,20,26H,13H2,1-4H3,(H,23,27)(H,24,25). The molecule has 8 heteroatoms. The van der Waals surface area contributed by atoms with Crippen LogP contribution in [0.2, 0.25) is 0 Å². The second-order valence-corrected chi connectivity index (χ2v) is 9.70. The lowest BCUT2D eigenvalue weighted by Gasteiger charge is -2.22. The third kappa shape index (κ3) is 5.25. The molecule has 0 aliphatic carbocycles. The van der Waals surface area contributed by atoms with Crippen LogP contribution in [0.5, 0.6) is 0 Å². The summed E-state index contributed by atoms with van der Waals surface area (Å²) in [6.45, 7) is 7.60. The number of nitrogens with one attached hydrogen (secondary N) is 3. The summed E-state index contributed by atoms with van der Waals surface area (Å²) in [4.78, 5) is 20.8.